The fourth-order valence-corrected chi connectivity index (χ4v) is 2.79. The Labute approximate surface area is 110 Å². The molecule has 0 bridgehead atoms. The predicted molar refractivity (Wildman–Crippen MR) is 71.0 cm³/mol. The molecule has 0 spiro atoms. The predicted octanol–water partition coefficient (Wildman–Crippen LogP) is 1.82. The third-order valence-corrected chi connectivity index (χ3v) is 3.78. The number of anilines is 1. The van der Waals surface area contributed by atoms with E-state index in [-0.39, 0.29) is 11.7 Å². The van der Waals surface area contributed by atoms with Crippen LogP contribution in [0.3, 0.4) is 0 Å². The third kappa shape index (κ3) is 3.61. The van der Waals surface area contributed by atoms with E-state index in [1.165, 1.54) is 31.1 Å². The van der Waals surface area contributed by atoms with Gasteiger partial charge in [-0.15, -0.1) is 11.3 Å². The number of carbonyl (C=O) groups excluding carboxylic acids is 2. The fraction of sp³-hybridized carbons (Fsp3) is 0.583. The molecule has 1 fully saturated rings. The van der Waals surface area contributed by atoms with E-state index in [1.807, 2.05) is 0 Å². The molecule has 0 saturated heterocycles. The van der Waals surface area contributed by atoms with Gasteiger partial charge in [-0.05, 0) is 12.8 Å². The van der Waals surface area contributed by atoms with Crippen LogP contribution in [-0.2, 0) is 4.79 Å². The Balaban J connectivity index is 1.77. The second-order valence-corrected chi connectivity index (χ2v) is 5.36. The molecule has 1 aromatic rings. The molecule has 1 aromatic heterocycles. The number of nitrogens with one attached hydrogen (secondary N) is 2. The van der Waals surface area contributed by atoms with Crippen LogP contribution in [0.5, 0.6) is 0 Å². The van der Waals surface area contributed by atoms with E-state index in [4.69, 9.17) is 0 Å². The quantitative estimate of drug-likeness (QED) is 0.798. The Morgan fingerprint density at radius 2 is 2.17 bits per heavy atom. The van der Waals surface area contributed by atoms with Gasteiger partial charge in [-0.3, -0.25) is 9.59 Å². The van der Waals surface area contributed by atoms with Crippen LogP contribution in [0.15, 0.2) is 5.38 Å². The first-order chi connectivity index (χ1) is 8.65. The molecule has 1 aliphatic carbocycles. The van der Waals surface area contributed by atoms with Crippen LogP contribution >= 0.6 is 11.3 Å². The van der Waals surface area contributed by atoms with E-state index in [1.54, 1.807) is 5.38 Å². The van der Waals surface area contributed by atoms with Gasteiger partial charge in [0, 0.05) is 18.3 Å². The zero-order valence-corrected chi connectivity index (χ0v) is 11.2. The van der Waals surface area contributed by atoms with Crippen LogP contribution in [0.2, 0.25) is 0 Å². The third-order valence-electron chi connectivity index (χ3n) is 3.02. The van der Waals surface area contributed by atoms with Gasteiger partial charge in [-0.1, -0.05) is 12.8 Å². The van der Waals surface area contributed by atoms with Gasteiger partial charge < -0.3 is 10.6 Å². The van der Waals surface area contributed by atoms with Gasteiger partial charge in [0.2, 0.25) is 5.91 Å². The highest BCUT2D eigenvalue weighted by Gasteiger charge is 2.15. The molecule has 2 rings (SSSR count). The summed E-state index contributed by atoms with van der Waals surface area (Å²) in [6, 6.07) is 0.472. The number of thiazole rings is 1. The van der Waals surface area contributed by atoms with E-state index >= 15 is 0 Å². The Morgan fingerprint density at radius 3 is 2.78 bits per heavy atom. The average Bonchev–Trinajstić information content (AvgIpc) is 2.96. The number of hydrogen-bond donors (Lipinski definition) is 2. The highest BCUT2D eigenvalue weighted by Crippen LogP contribution is 2.18. The number of rotatable bonds is 5. The number of carbonyl (C=O) groups is 2. The van der Waals surface area contributed by atoms with Crippen LogP contribution in [0.1, 0.15) is 43.1 Å². The Hall–Kier alpha value is -1.27. The summed E-state index contributed by atoms with van der Waals surface area (Å²) in [5.41, 5.74) is 0.402. The standard InChI is InChI=1S/C12H17N3O2S/c1-8(16)10-7-18-12(14-10)15-11(17)6-13-9-4-2-3-5-9/h7,9,13H,2-6H2,1H3,(H,14,15,17). The number of ketones is 1. The van der Waals surface area contributed by atoms with Crippen molar-refractivity contribution >= 4 is 28.2 Å². The van der Waals surface area contributed by atoms with Crippen LogP contribution < -0.4 is 10.6 Å². The summed E-state index contributed by atoms with van der Waals surface area (Å²) < 4.78 is 0. The lowest BCUT2D eigenvalue weighted by molar-refractivity contribution is -0.115. The van der Waals surface area contributed by atoms with Gasteiger partial charge in [0.15, 0.2) is 10.9 Å². The molecule has 6 heteroatoms. The van der Waals surface area contributed by atoms with Crippen LogP contribution in [0.25, 0.3) is 0 Å². The van der Waals surface area contributed by atoms with Crippen molar-refractivity contribution in [3.8, 4) is 0 Å². The maximum atomic E-state index is 11.7. The van der Waals surface area contributed by atoms with Crippen LogP contribution in [0, 0.1) is 0 Å². The summed E-state index contributed by atoms with van der Waals surface area (Å²) in [7, 11) is 0. The number of amides is 1. The molecule has 1 heterocycles. The lowest BCUT2D eigenvalue weighted by atomic mass is 10.2. The summed E-state index contributed by atoms with van der Waals surface area (Å²) >= 11 is 1.27. The molecule has 0 radical (unpaired) electrons. The molecular formula is C12H17N3O2S. The largest absolute Gasteiger partial charge is 0.306 e. The molecule has 0 aliphatic heterocycles. The van der Waals surface area contributed by atoms with Crippen LogP contribution in [0.4, 0.5) is 5.13 Å². The molecule has 18 heavy (non-hydrogen) atoms. The summed E-state index contributed by atoms with van der Waals surface area (Å²) in [5, 5.41) is 8.06. The average molecular weight is 267 g/mol. The van der Waals surface area contributed by atoms with E-state index in [0.29, 0.717) is 23.4 Å². The smallest absolute Gasteiger partial charge is 0.240 e. The minimum absolute atomic E-state index is 0.0872. The molecule has 1 saturated carbocycles. The lowest BCUT2D eigenvalue weighted by Gasteiger charge is -2.10. The number of aromatic nitrogens is 1. The van der Waals surface area contributed by atoms with Crippen molar-refractivity contribution in [2.24, 2.45) is 0 Å². The van der Waals surface area contributed by atoms with Gasteiger partial charge in [0.05, 0.1) is 6.54 Å². The van der Waals surface area contributed by atoms with E-state index in [9.17, 15) is 9.59 Å². The first kappa shape index (κ1) is 13.2. The maximum Gasteiger partial charge on any atom is 0.240 e. The Morgan fingerprint density at radius 1 is 1.44 bits per heavy atom. The molecule has 1 amide bonds. The summed E-state index contributed by atoms with van der Waals surface area (Å²) in [5.74, 6) is -0.192. The summed E-state index contributed by atoms with van der Waals surface area (Å²) in [6.07, 6.45) is 4.79. The minimum Gasteiger partial charge on any atom is -0.306 e. The van der Waals surface area contributed by atoms with Crippen LogP contribution in [-0.4, -0.2) is 29.3 Å². The molecule has 0 aromatic carbocycles. The first-order valence-corrected chi connectivity index (χ1v) is 7.03. The Bertz CT molecular complexity index is 438. The molecule has 0 unspecified atom stereocenters. The maximum absolute atomic E-state index is 11.7. The fourth-order valence-electron chi connectivity index (χ4n) is 2.02. The molecule has 0 atom stereocenters. The summed E-state index contributed by atoms with van der Waals surface area (Å²) in [6.45, 7) is 1.77. The zero-order valence-electron chi connectivity index (χ0n) is 10.4. The number of Topliss-reactive ketones (excluding diaryl/α,β-unsaturated/α-hetero) is 1. The van der Waals surface area contributed by atoms with Crippen molar-refractivity contribution < 1.29 is 9.59 Å². The molecular weight excluding hydrogens is 250 g/mol. The van der Waals surface area contributed by atoms with Gasteiger partial charge in [0.1, 0.15) is 5.69 Å². The molecule has 98 valence electrons. The normalized spacial score (nSPS) is 15.8. The topological polar surface area (TPSA) is 71.1 Å². The van der Waals surface area contributed by atoms with Crippen molar-refractivity contribution in [1.29, 1.82) is 0 Å². The number of nitrogens with zero attached hydrogens (tertiary/aromatic N) is 1. The van der Waals surface area contributed by atoms with E-state index in [0.717, 1.165) is 12.8 Å². The SMILES string of the molecule is CC(=O)c1csc(NC(=O)CNC2CCCC2)n1. The molecule has 1 aliphatic rings. The van der Waals surface area contributed by atoms with Crippen molar-refractivity contribution in [3.05, 3.63) is 11.1 Å². The van der Waals surface area contributed by atoms with E-state index in [2.05, 4.69) is 15.6 Å². The monoisotopic (exact) mass is 267 g/mol. The zero-order chi connectivity index (χ0) is 13.0. The molecule has 5 nitrogen and oxygen atoms in total. The summed E-state index contributed by atoms with van der Waals surface area (Å²) in [4.78, 5) is 26.8. The second-order valence-electron chi connectivity index (χ2n) is 4.50. The first-order valence-electron chi connectivity index (χ1n) is 6.15. The van der Waals surface area contributed by atoms with Crippen molar-refractivity contribution in [3.63, 3.8) is 0 Å². The van der Waals surface area contributed by atoms with Crippen molar-refractivity contribution in [2.45, 2.75) is 38.6 Å². The highest BCUT2D eigenvalue weighted by atomic mass is 32.1. The van der Waals surface area contributed by atoms with Gasteiger partial charge in [-0.25, -0.2) is 4.98 Å². The van der Waals surface area contributed by atoms with Gasteiger partial charge >= 0.3 is 0 Å². The lowest BCUT2D eigenvalue weighted by Crippen LogP contribution is -2.34. The van der Waals surface area contributed by atoms with Gasteiger partial charge in [-0.2, -0.15) is 0 Å². The van der Waals surface area contributed by atoms with Gasteiger partial charge in [0.25, 0.3) is 0 Å². The minimum atomic E-state index is -0.105. The Kier molecular flexibility index (Phi) is 4.43. The van der Waals surface area contributed by atoms with Crippen molar-refractivity contribution in [1.82, 2.24) is 10.3 Å². The number of hydrogen-bond acceptors (Lipinski definition) is 5. The van der Waals surface area contributed by atoms with E-state index < -0.39 is 0 Å². The van der Waals surface area contributed by atoms with Crippen molar-refractivity contribution in [2.75, 3.05) is 11.9 Å². The molecule has 2 N–H and O–H groups in total. The highest BCUT2D eigenvalue weighted by molar-refractivity contribution is 7.14. The second kappa shape index (κ2) is 6.06.